The molecule has 1 aromatic carbocycles. The van der Waals surface area contributed by atoms with E-state index in [1.165, 1.54) is 18.3 Å². The summed E-state index contributed by atoms with van der Waals surface area (Å²) in [7, 11) is -4.03. The predicted octanol–water partition coefficient (Wildman–Crippen LogP) is 4.80. The molecule has 1 N–H and O–H groups in total. The van der Waals surface area contributed by atoms with Gasteiger partial charge in [-0.1, -0.05) is 46.4 Å². The standard InChI is InChI=1S/C12H8Cl4N2O2S/c1-6-2-10(12(16)17-5-6)18-21(19,20)11-8(14)3-7(13)4-9(11)15/h2-5,18H,1H3. The molecular weight excluding hydrogens is 378 g/mol. The van der Waals surface area contributed by atoms with Crippen LogP contribution in [0.25, 0.3) is 0 Å². The number of sulfonamides is 1. The molecule has 0 saturated heterocycles. The fourth-order valence-electron chi connectivity index (χ4n) is 1.61. The van der Waals surface area contributed by atoms with Gasteiger partial charge in [-0.05, 0) is 30.7 Å². The highest BCUT2D eigenvalue weighted by atomic mass is 35.5. The van der Waals surface area contributed by atoms with Crippen LogP contribution in [0.3, 0.4) is 0 Å². The normalized spacial score (nSPS) is 11.5. The van der Waals surface area contributed by atoms with E-state index in [-0.39, 0.29) is 30.8 Å². The Morgan fingerprint density at radius 3 is 2.19 bits per heavy atom. The van der Waals surface area contributed by atoms with E-state index >= 15 is 0 Å². The molecule has 0 aliphatic heterocycles. The SMILES string of the molecule is Cc1cnc(Cl)c(NS(=O)(=O)c2c(Cl)cc(Cl)cc2Cl)c1. The lowest BCUT2D eigenvalue weighted by molar-refractivity contribution is 0.601. The summed E-state index contributed by atoms with van der Waals surface area (Å²) in [5.74, 6) is 0. The van der Waals surface area contributed by atoms with E-state index < -0.39 is 10.0 Å². The maximum absolute atomic E-state index is 12.4. The zero-order valence-electron chi connectivity index (χ0n) is 10.5. The Kier molecular flexibility index (Phi) is 4.90. The first-order chi connectivity index (χ1) is 9.70. The van der Waals surface area contributed by atoms with Crippen LogP contribution in [0.15, 0.2) is 29.3 Å². The molecule has 0 spiro atoms. The zero-order chi connectivity index (χ0) is 15.8. The van der Waals surface area contributed by atoms with Crippen LogP contribution in [-0.2, 0) is 10.0 Å². The van der Waals surface area contributed by atoms with Gasteiger partial charge in [0.05, 0.1) is 15.7 Å². The van der Waals surface area contributed by atoms with Crippen molar-refractivity contribution in [1.29, 1.82) is 0 Å². The van der Waals surface area contributed by atoms with Crippen molar-refractivity contribution in [2.24, 2.45) is 0 Å². The molecule has 2 aromatic rings. The van der Waals surface area contributed by atoms with Crippen LogP contribution in [-0.4, -0.2) is 13.4 Å². The molecule has 21 heavy (non-hydrogen) atoms. The molecule has 9 heteroatoms. The minimum atomic E-state index is -4.03. The van der Waals surface area contributed by atoms with E-state index in [1.54, 1.807) is 13.0 Å². The summed E-state index contributed by atoms with van der Waals surface area (Å²) >= 11 is 23.5. The second-order valence-electron chi connectivity index (χ2n) is 4.16. The smallest absolute Gasteiger partial charge is 0.264 e. The maximum Gasteiger partial charge on any atom is 0.264 e. The topological polar surface area (TPSA) is 59.1 Å². The van der Waals surface area contributed by atoms with Crippen molar-refractivity contribution >= 4 is 62.1 Å². The van der Waals surface area contributed by atoms with Gasteiger partial charge in [-0.25, -0.2) is 13.4 Å². The predicted molar refractivity (Wildman–Crippen MR) is 86.3 cm³/mol. The van der Waals surface area contributed by atoms with Gasteiger partial charge in [0.25, 0.3) is 10.0 Å². The van der Waals surface area contributed by atoms with Gasteiger partial charge in [-0.2, -0.15) is 0 Å². The Morgan fingerprint density at radius 2 is 1.62 bits per heavy atom. The van der Waals surface area contributed by atoms with Crippen molar-refractivity contribution in [2.75, 3.05) is 4.72 Å². The minimum absolute atomic E-state index is 0.0189. The Labute approximate surface area is 142 Å². The molecule has 0 fully saturated rings. The Morgan fingerprint density at radius 1 is 1.05 bits per heavy atom. The van der Waals surface area contributed by atoms with Gasteiger partial charge in [0, 0.05) is 11.2 Å². The number of pyridine rings is 1. The summed E-state index contributed by atoms with van der Waals surface area (Å²) < 4.78 is 27.1. The van der Waals surface area contributed by atoms with Crippen molar-refractivity contribution < 1.29 is 8.42 Å². The monoisotopic (exact) mass is 384 g/mol. The number of aryl methyl sites for hydroxylation is 1. The van der Waals surface area contributed by atoms with Crippen LogP contribution in [0.5, 0.6) is 0 Å². The molecule has 0 radical (unpaired) electrons. The summed E-state index contributed by atoms with van der Waals surface area (Å²) in [6.45, 7) is 1.75. The fourth-order valence-corrected chi connectivity index (χ4v) is 4.42. The van der Waals surface area contributed by atoms with Gasteiger partial charge in [0.1, 0.15) is 4.90 Å². The molecule has 1 heterocycles. The highest BCUT2D eigenvalue weighted by Gasteiger charge is 2.23. The minimum Gasteiger partial charge on any atom is -0.276 e. The summed E-state index contributed by atoms with van der Waals surface area (Å²) in [5, 5.41) is 0.0815. The van der Waals surface area contributed by atoms with Crippen LogP contribution in [0, 0.1) is 6.92 Å². The lowest BCUT2D eigenvalue weighted by Gasteiger charge is -2.12. The molecule has 0 amide bonds. The Hall–Kier alpha value is -0.720. The van der Waals surface area contributed by atoms with Crippen LogP contribution in [0.4, 0.5) is 5.69 Å². The molecular formula is C12H8Cl4N2O2S. The van der Waals surface area contributed by atoms with Crippen LogP contribution >= 0.6 is 46.4 Å². The number of nitrogens with one attached hydrogen (secondary N) is 1. The molecule has 0 aliphatic rings. The van der Waals surface area contributed by atoms with Crippen molar-refractivity contribution in [3.05, 3.63) is 50.2 Å². The molecule has 0 saturated carbocycles. The number of anilines is 1. The zero-order valence-corrected chi connectivity index (χ0v) is 14.3. The first kappa shape index (κ1) is 16.6. The molecule has 0 unspecified atom stereocenters. The molecule has 0 atom stereocenters. The molecule has 1 aromatic heterocycles. The van der Waals surface area contributed by atoms with Gasteiger partial charge >= 0.3 is 0 Å². The van der Waals surface area contributed by atoms with Gasteiger partial charge in [-0.3, -0.25) is 4.72 Å². The molecule has 4 nitrogen and oxygen atoms in total. The molecule has 2 rings (SSSR count). The van der Waals surface area contributed by atoms with E-state index in [0.717, 1.165) is 5.56 Å². The number of aromatic nitrogens is 1. The van der Waals surface area contributed by atoms with Crippen molar-refractivity contribution in [3.8, 4) is 0 Å². The number of nitrogens with zero attached hydrogens (tertiary/aromatic N) is 1. The second kappa shape index (κ2) is 6.18. The van der Waals surface area contributed by atoms with Crippen LogP contribution in [0.2, 0.25) is 20.2 Å². The molecule has 0 aliphatic carbocycles. The van der Waals surface area contributed by atoms with E-state index in [4.69, 9.17) is 46.4 Å². The lowest BCUT2D eigenvalue weighted by Crippen LogP contribution is -2.15. The second-order valence-corrected chi connectivity index (χ2v) is 7.38. The first-order valence-electron chi connectivity index (χ1n) is 5.50. The fraction of sp³-hybridized carbons (Fsp3) is 0.0833. The summed E-state index contributed by atoms with van der Waals surface area (Å²) in [5.41, 5.74) is 0.879. The number of hydrogen-bond acceptors (Lipinski definition) is 3. The number of rotatable bonds is 3. The number of benzene rings is 1. The summed E-state index contributed by atoms with van der Waals surface area (Å²) in [6, 6.07) is 4.13. The van der Waals surface area contributed by atoms with Crippen molar-refractivity contribution in [3.63, 3.8) is 0 Å². The summed E-state index contributed by atoms with van der Waals surface area (Å²) in [6.07, 6.45) is 1.52. The van der Waals surface area contributed by atoms with Crippen LogP contribution in [0.1, 0.15) is 5.56 Å². The average molecular weight is 386 g/mol. The van der Waals surface area contributed by atoms with E-state index in [0.29, 0.717) is 0 Å². The van der Waals surface area contributed by atoms with Gasteiger partial charge in [-0.15, -0.1) is 0 Å². The number of hydrogen-bond donors (Lipinski definition) is 1. The lowest BCUT2D eigenvalue weighted by atomic mass is 10.3. The van der Waals surface area contributed by atoms with Crippen molar-refractivity contribution in [2.45, 2.75) is 11.8 Å². The van der Waals surface area contributed by atoms with E-state index in [9.17, 15) is 8.42 Å². The largest absolute Gasteiger partial charge is 0.276 e. The van der Waals surface area contributed by atoms with E-state index in [2.05, 4.69) is 9.71 Å². The molecule has 0 bridgehead atoms. The quantitative estimate of drug-likeness (QED) is 0.771. The van der Waals surface area contributed by atoms with E-state index in [1.807, 2.05) is 0 Å². The van der Waals surface area contributed by atoms with Crippen LogP contribution < -0.4 is 4.72 Å². The third kappa shape index (κ3) is 3.73. The first-order valence-corrected chi connectivity index (χ1v) is 8.50. The third-order valence-electron chi connectivity index (χ3n) is 2.45. The van der Waals surface area contributed by atoms with Gasteiger partial charge < -0.3 is 0 Å². The average Bonchev–Trinajstić information content (AvgIpc) is 2.31. The Balaban J connectivity index is 2.51. The highest BCUT2D eigenvalue weighted by molar-refractivity contribution is 7.93. The number of halogens is 4. The maximum atomic E-state index is 12.4. The Bertz CT molecular complexity index is 786. The van der Waals surface area contributed by atoms with Crippen molar-refractivity contribution in [1.82, 2.24) is 4.98 Å². The summed E-state index contributed by atoms with van der Waals surface area (Å²) in [4.78, 5) is 3.60. The third-order valence-corrected chi connectivity index (χ3v) is 5.26. The molecule has 112 valence electrons. The highest BCUT2D eigenvalue weighted by Crippen LogP contribution is 2.34. The van der Waals surface area contributed by atoms with Gasteiger partial charge in [0.2, 0.25) is 0 Å². The van der Waals surface area contributed by atoms with Gasteiger partial charge in [0.15, 0.2) is 5.15 Å².